The summed E-state index contributed by atoms with van der Waals surface area (Å²) < 4.78 is 5.16. The SMILES string of the molecule is O=c1[nH]c2csnc2c(=O)n1Cc1ccccc1. The zero-order valence-electron chi connectivity index (χ0n) is 9.29. The minimum Gasteiger partial charge on any atom is -0.304 e. The highest BCUT2D eigenvalue weighted by atomic mass is 32.1. The van der Waals surface area contributed by atoms with E-state index in [2.05, 4.69) is 9.36 Å². The zero-order valence-corrected chi connectivity index (χ0v) is 10.1. The van der Waals surface area contributed by atoms with Crippen molar-refractivity contribution in [3.63, 3.8) is 0 Å². The fraction of sp³-hybridized carbons (Fsp3) is 0.0833. The Morgan fingerprint density at radius 3 is 2.78 bits per heavy atom. The Morgan fingerprint density at radius 1 is 1.22 bits per heavy atom. The smallest absolute Gasteiger partial charge is 0.304 e. The molecule has 0 unspecified atom stereocenters. The van der Waals surface area contributed by atoms with Crippen molar-refractivity contribution >= 4 is 22.6 Å². The Morgan fingerprint density at radius 2 is 2.00 bits per heavy atom. The molecule has 1 aromatic carbocycles. The average Bonchev–Trinajstić information content (AvgIpc) is 2.84. The molecule has 0 aliphatic heterocycles. The van der Waals surface area contributed by atoms with Crippen LogP contribution in [0.5, 0.6) is 0 Å². The number of H-pyrrole nitrogens is 1. The number of aromatic nitrogens is 3. The molecule has 3 rings (SSSR count). The fourth-order valence-corrected chi connectivity index (χ4v) is 2.40. The highest BCUT2D eigenvalue weighted by molar-refractivity contribution is 7.04. The van der Waals surface area contributed by atoms with Crippen LogP contribution < -0.4 is 11.2 Å². The van der Waals surface area contributed by atoms with Gasteiger partial charge in [0.25, 0.3) is 5.56 Å². The molecular weight excluding hydrogens is 250 g/mol. The van der Waals surface area contributed by atoms with E-state index in [0.717, 1.165) is 21.7 Å². The number of benzene rings is 1. The number of hydrogen-bond acceptors (Lipinski definition) is 4. The van der Waals surface area contributed by atoms with Crippen LogP contribution >= 0.6 is 11.5 Å². The number of fused-ring (bicyclic) bond motifs is 1. The van der Waals surface area contributed by atoms with Gasteiger partial charge < -0.3 is 4.98 Å². The van der Waals surface area contributed by atoms with Crippen LogP contribution in [-0.4, -0.2) is 13.9 Å². The summed E-state index contributed by atoms with van der Waals surface area (Å²) in [7, 11) is 0. The molecule has 0 aliphatic rings. The lowest BCUT2D eigenvalue weighted by Crippen LogP contribution is -2.35. The van der Waals surface area contributed by atoms with Crippen LogP contribution in [0.3, 0.4) is 0 Å². The molecule has 0 atom stereocenters. The van der Waals surface area contributed by atoms with Crippen LogP contribution in [0.2, 0.25) is 0 Å². The topological polar surface area (TPSA) is 67.8 Å². The minimum atomic E-state index is -0.406. The molecule has 0 amide bonds. The monoisotopic (exact) mass is 259 g/mol. The van der Waals surface area contributed by atoms with Gasteiger partial charge in [-0.3, -0.25) is 9.36 Å². The maximum atomic E-state index is 12.1. The van der Waals surface area contributed by atoms with Gasteiger partial charge in [0, 0.05) is 5.38 Å². The van der Waals surface area contributed by atoms with Gasteiger partial charge in [0.15, 0.2) is 5.52 Å². The van der Waals surface area contributed by atoms with Crippen molar-refractivity contribution in [3.05, 3.63) is 62.1 Å². The largest absolute Gasteiger partial charge is 0.329 e. The lowest BCUT2D eigenvalue weighted by Gasteiger charge is -2.04. The summed E-state index contributed by atoms with van der Waals surface area (Å²) in [5.74, 6) is 0. The van der Waals surface area contributed by atoms with E-state index in [0.29, 0.717) is 11.0 Å². The maximum absolute atomic E-state index is 12.1. The lowest BCUT2D eigenvalue weighted by molar-refractivity contribution is 0.711. The Balaban J connectivity index is 2.18. The van der Waals surface area contributed by atoms with Crippen molar-refractivity contribution in [1.29, 1.82) is 0 Å². The van der Waals surface area contributed by atoms with Crippen LogP contribution in [0.15, 0.2) is 45.3 Å². The van der Waals surface area contributed by atoms with Gasteiger partial charge in [-0.25, -0.2) is 4.79 Å². The number of hydrogen-bond donors (Lipinski definition) is 1. The van der Waals surface area contributed by atoms with Gasteiger partial charge in [-0.15, -0.1) is 0 Å². The third-order valence-corrected chi connectivity index (χ3v) is 3.32. The zero-order chi connectivity index (χ0) is 12.5. The van der Waals surface area contributed by atoms with Gasteiger partial charge in [0.05, 0.1) is 12.1 Å². The molecule has 0 saturated heterocycles. The Kier molecular flexibility index (Phi) is 2.56. The predicted molar refractivity (Wildman–Crippen MR) is 70.0 cm³/mol. The van der Waals surface area contributed by atoms with Crippen molar-refractivity contribution in [1.82, 2.24) is 13.9 Å². The molecule has 0 radical (unpaired) electrons. The molecule has 1 N–H and O–H groups in total. The summed E-state index contributed by atoms with van der Waals surface area (Å²) in [4.78, 5) is 26.6. The quantitative estimate of drug-likeness (QED) is 0.751. The van der Waals surface area contributed by atoms with Crippen molar-refractivity contribution in [2.24, 2.45) is 0 Å². The first-order valence-corrected chi connectivity index (χ1v) is 6.20. The van der Waals surface area contributed by atoms with E-state index in [9.17, 15) is 9.59 Å². The highest BCUT2D eigenvalue weighted by Crippen LogP contribution is 2.06. The second kappa shape index (κ2) is 4.23. The summed E-state index contributed by atoms with van der Waals surface area (Å²) in [5.41, 5.74) is 0.963. The second-order valence-corrected chi connectivity index (χ2v) is 4.51. The minimum absolute atomic E-state index is 0.252. The van der Waals surface area contributed by atoms with Crippen LogP contribution in [0, 0.1) is 0 Å². The first-order valence-electron chi connectivity index (χ1n) is 5.37. The molecule has 18 heavy (non-hydrogen) atoms. The highest BCUT2D eigenvalue weighted by Gasteiger charge is 2.09. The van der Waals surface area contributed by atoms with Gasteiger partial charge in [0.2, 0.25) is 0 Å². The molecule has 0 aliphatic carbocycles. The summed E-state index contributed by atoms with van der Waals surface area (Å²) in [6.07, 6.45) is 0. The molecular formula is C12H9N3O2S. The second-order valence-electron chi connectivity index (χ2n) is 3.88. The van der Waals surface area contributed by atoms with E-state index >= 15 is 0 Å². The molecule has 5 nitrogen and oxygen atoms in total. The first kappa shape index (κ1) is 10.9. The Hall–Kier alpha value is -2.21. The van der Waals surface area contributed by atoms with E-state index in [1.807, 2.05) is 30.3 Å². The van der Waals surface area contributed by atoms with Gasteiger partial charge in [-0.1, -0.05) is 30.3 Å². The van der Waals surface area contributed by atoms with Crippen molar-refractivity contribution in [2.75, 3.05) is 0 Å². The maximum Gasteiger partial charge on any atom is 0.329 e. The van der Waals surface area contributed by atoms with E-state index in [4.69, 9.17) is 0 Å². The molecule has 6 heteroatoms. The first-order chi connectivity index (χ1) is 8.75. The van der Waals surface area contributed by atoms with E-state index in [1.165, 1.54) is 0 Å². The summed E-state index contributed by atoms with van der Waals surface area (Å²) in [6, 6.07) is 9.38. The molecule has 0 spiro atoms. The molecule has 90 valence electrons. The predicted octanol–water partition coefficient (Wildman–Crippen LogP) is 1.19. The number of aromatic amines is 1. The van der Waals surface area contributed by atoms with Crippen molar-refractivity contribution in [2.45, 2.75) is 6.54 Å². The number of nitrogens with one attached hydrogen (secondary N) is 1. The summed E-state index contributed by atoms with van der Waals surface area (Å²) in [6.45, 7) is 0.252. The molecule has 0 fully saturated rings. The van der Waals surface area contributed by atoms with Gasteiger partial charge >= 0.3 is 5.69 Å². The van der Waals surface area contributed by atoms with Crippen molar-refractivity contribution < 1.29 is 0 Å². The third-order valence-electron chi connectivity index (χ3n) is 2.69. The van der Waals surface area contributed by atoms with Crippen LogP contribution in [0.25, 0.3) is 11.0 Å². The Labute approximate surface area is 106 Å². The van der Waals surface area contributed by atoms with Crippen LogP contribution in [-0.2, 0) is 6.54 Å². The summed E-state index contributed by atoms with van der Waals surface area (Å²) in [5, 5.41) is 1.66. The lowest BCUT2D eigenvalue weighted by atomic mass is 10.2. The number of rotatable bonds is 2. The van der Waals surface area contributed by atoms with Crippen LogP contribution in [0.1, 0.15) is 5.56 Å². The molecule has 3 aromatic rings. The summed E-state index contributed by atoms with van der Waals surface area (Å²) >= 11 is 1.16. The molecule has 2 aromatic heterocycles. The normalized spacial score (nSPS) is 10.9. The molecule has 0 saturated carbocycles. The van der Waals surface area contributed by atoms with Crippen LogP contribution in [0.4, 0.5) is 0 Å². The van der Waals surface area contributed by atoms with Gasteiger partial charge in [-0.05, 0) is 17.1 Å². The fourth-order valence-electron chi connectivity index (χ4n) is 1.79. The van der Waals surface area contributed by atoms with E-state index in [-0.39, 0.29) is 12.1 Å². The van der Waals surface area contributed by atoms with Crippen molar-refractivity contribution in [3.8, 4) is 0 Å². The Bertz CT molecular complexity index is 801. The molecule has 2 heterocycles. The average molecular weight is 259 g/mol. The standard InChI is InChI=1S/C12H9N3O2S/c16-11-10-9(7-18-14-10)13-12(17)15(11)6-8-4-2-1-3-5-8/h1-5,7H,6H2,(H,13,17). The van der Waals surface area contributed by atoms with E-state index < -0.39 is 5.69 Å². The van der Waals surface area contributed by atoms with Gasteiger partial charge in [0.1, 0.15) is 0 Å². The van der Waals surface area contributed by atoms with E-state index in [1.54, 1.807) is 5.38 Å². The molecule has 0 bridgehead atoms. The van der Waals surface area contributed by atoms with Gasteiger partial charge in [-0.2, -0.15) is 4.37 Å². The third kappa shape index (κ3) is 1.76. The number of nitrogens with zero attached hydrogens (tertiary/aromatic N) is 2.